The number of rotatable bonds is 6. The standard InChI is InChI=1S/C17H25F2NO/c1-12-3-2-4-13(9-12)7-8-20-11-17(21)15-10-14(18)5-6-16(15)19/h5-6,10,12-13,17,20-21H,2-4,7-9,11H2,1H3. The zero-order valence-electron chi connectivity index (χ0n) is 12.6. The van der Waals surface area contributed by atoms with Crippen LogP contribution < -0.4 is 5.32 Å². The molecule has 3 atom stereocenters. The Hall–Kier alpha value is -1.00. The van der Waals surface area contributed by atoms with Gasteiger partial charge in [-0.1, -0.05) is 26.2 Å². The van der Waals surface area contributed by atoms with E-state index in [4.69, 9.17) is 0 Å². The van der Waals surface area contributed by atoms with Gasteiger partial charge in [0.15, 0.2) is 0 Å². The summed E-state index contributed by atoms with van der Waals surface area (Å²) in [7, 11) is 0. The van der Waals surface area contributed by atoms with Gasteiger partial charge in [0.2, 0.25) is 0 Å². The normalized spacial score (nSPS) is 24.0. The maximum absolute atomic E-state index is 13.5. The number of aliphatic hydroxyl groups is 1. The molecule has 0 bridgehead atoms. The van der Waals surface area contributed by atoms with E-state index in [1.165, 1.54) is 25.7 Å². The van der Waals surface area contributed by atoms with E-state index in [-0.39, 0.29) is 12.1 Å². The third kappa shape index (κ3) is 5.04. The van der Waals surface area contributed by atoms with Crippen LogP contribution in [0.3, 0.4) is 0 Å². The van der Waals surface area contributed by atoms with Crippen LogP contribution in [0.2, 0.25) is 0 Å². The fraction of sp³-hybridized carbons (Fsp3) is 0.647. The zero-order chi connectivity index (χ0) is 15.2. The van der Waals surface area contributed by atoms with E-state index in [0.29, 0.717) is 0 Å². The molecule has 21 heavy (non-hydrogen) atoms. The predicted octanol–water partition coefficient (Wildman–Crippen LogP) is 3.80. The second kappa shape index (κ2) is 7.85. The van der Waals surface area contributed by atoms with Crippen LogP contribution in [0.25, 0.3) is 0 Å². The molecule has 0 heterocycles. The summed E-state index contributed by atoms with van der Waals surface area (Å²) in [5.74, 6) is 0.480. The lowest BCUT2D eigenvalue weighted by Gasteiger charge is -2.26. The summed E-state index contributed by atoms with van der Waals surface area (Å²) in [6.07, 6.45) is 5.29. The van der Waals surface area contributed by atoms with Crippen molar-refractivity contribution in [2.75, 3.05) is 13.1 Å². The highest BCUT2D eigenvalue weighted by Gasteiger charge is 2.18. The SMILES string of the molecule is CC1CCCC(CCNCC(O)c2cc(F)ccc2F)C1. The summed E-state index contributed by atoms with van der Waals surface area (Å²) < 4.78 is 26.6. The largest absolute Gasteiger partial charge is 0.387 e. The Labute approximate surface area is 125 Å². The van der Waals surface area contributed by atoms with Crippen molar-refractivity contribution in [3.8, 4) is 0 Å². The molecule has 2 rings (SSSR count). The quantitative estimate of drug-likeness (QED) is 0.783. The van der Waals surface area contributed by atoms with Crippen LogP contribution in [0.1, 0.15) is 50.7 Å². The van der Waals surface area contributed by atoms with Gasteiger partial charge in [0.1, 0.15) is 11.6 Å². The van der Waals surface area contributed by atoms with Gasteiger partial charge in [-0.15, -0.1) is 0 Å². The van der Waals surface area contributed by atoms with E-state index in [1.54, 1.807) is 0 Å². The van der Waals surface area contributed by atoms with Crippen LogP contribution in [-0.2, 0) is 0 Å². The van der Waals surface area contributed by atoms with Crippen LogP contribution in [0.15, 0.2) is 18.2 Å². The van der Waals surface area contributed by atoms with Crippen molar-refractivity contribution >= 4 is 0 Å². The first kappa shape index (κ1) is 16.4. The molecule has 1 aromatic rings. The van der Waals surface area contributed by atoms with Gasteiger partial charge in [0, 0.05) is 12.1 Å². The summed E-state index contributed by atoms with van der Waals surface area (Å²) in [6.45, 7) is 3.37. The minimum absolute atomic E-state index is 0.0220. The molecule has 1 aromatic carbocycles. The second-order valence-corrected chi connectivity index (χ2v) is 6.31. The number of nitrogens with one attached hydrogen (secondary N) is 1. The monoisotopic (exact) mass is 297 g/mol. The summed E-state index contributed by atoms with van der Waals surface area (Å²) >= 11 is 0. The molecule has 1 saturated carbocycles. The molecule has 0 saturated heterocycles. The molecular weight excluding hydrogens is 272 g/mol. The molecule has 0 radical (unpaired) electrons. The van der Waals surface area contributed by atoms with E-state index < -0.39 is 17.7 Å². The maximum Gasteiger partial charge on any atom is 0.129 e. The number of hydrogen-bond donors (Lipinski definition) is 2. The van der Waals surface area contributed by atoms with Crippen molar-refractivity contribution in [3.05, 3.63) is 35.4 Å². The van der Waals surface area contributed by atoms with Crippen LogP contribution in [0.5, 0.6) is 0 Å². The van der Waals surface area contributed by atoms with Crippen molar-refractivity contribution in [3.63, 3.8) is 0 Å². The molecule has 0 amide bonds. The first-order valence-corrected chi connectivity index (χ1v) is 7.90. The predicted molar refractivity (Wildman–Crippen MR) is 79.9 cm³/mol. The van der Waals surface area contributed by atoms with Crippen LogP contribution >= 0.6 is 0 Å². The van der Waals surface area contributed by atoms with Crippen molar-refractivity contribution in [2.24, 2.45) is 11.8 Å². The highest BCUT2D eigenvalue weighted by molar-refractivity contribution is 5.21. The number of halogens is 2. The van der Waals surface area contributed by atoms with Crippen LogP contribution in [-0.4, -0.2) is 18.2 Å². The number of benzene rings is 1. The number of aliphatic hydroxyl groups excluding tert-OH is 1. The van der Waals surface area contributed by atoms with E-state index >= 15 is 0 Å². The summed E-state index contributed by atoms with van der Waals surface area (Å²) in [4.78, 5) is 0. The molecule has 0 aromatic heterocycles. The highest BCUT2D eigenvalue weighted by Crippen LogP contribution is 2.30. The molecular formula is C17H25F2NO. The Balaban J connectivity index is 1.71. The van der Waals surface area contributed by atoms with Crippen molar-refractivity contribution in [1.29, 1.82) is 0 Å². The molecule has 3 unspecified atom stereocenters. The summed E-state index contributed by atoms with van der Waals surface area (Å²) in [5.41, 5.74) is 0.0220. The third-order valence-corrected chi connectivity index (χ3v) is 4.43. The molecule has 4 heteroatoms. The van der Waals surface area contributed by atoms with Gasteiger partial charge in [-0.2, -0.15) is 0 Å². The van der Waals surface area contributed by atoms with Gasteiger partial charge in [0.25, 0.3) is 0 Å². The zero-order valence-corrected chi connectivity index (χ0v) is 12.6. The minimum Gasteiger partial charge on any atom is -0.387 e. The maximum atomic E-state index is 13.5. The third-order valence-electron chi connectivity index (χ3n) is 4.43. The summed E-state index contributed by atoms with van der Waals surface area (Å²) in [6, 6.07) is 3.17. The molecule has 118 valence electrons. The first-order chi connectivity index (χ1) is 10.1. The Morgan fingerprint density at radius 2 is 2.14 bits per heavy atom. The lowest BCUT2D eigenvalue weighted by atomic mass is 9.81. The molecule has 1 fully saturated rings. The van der Waals surface area contributed by atoms with Crippen molar-refractivity contribution in [2.45, 2.75) is 45.1 Å². The Morgan fingerprint density at radius 1 is 1.33 bits per heavy atom. The van der Waals surface area contributed by atoms with E-state index in [0.717, 1.165) is 43.0 Å². The lowest BCUT2D eigenvalue weighted by Crippen LogP contribution is -2.26. The second-order valence-electron chi connectivity index (χ2n) is 6.31. The van der Waals surface area contributed by atoms with Gasteiger partial charge < -0.3 is 10.4 Å². The van der Waals surface area contributed by atoms with Gasteiger partial charge in [-0.25, -0.2) is 8.78 Å². The van der Waals surface area contributed by atoms with E-state index in [2.05, 4.69) is 12.2 Å². The fourth-order valence-electron chi connectivity index (χ4n) is 3.25. The van der Waals surface area contributed by atoms with Crippen LogP contribution in [0.4, 0.5) is 8.78 Å². The van der Waals surface area contributed by atoms with Gasteiger partial charge >= 0.3 is 0 Å². The molecule has 2 nitrogen and oxygen atoms in total. The molecule has 2 N–H and O–H groups in total. The van der Waals surface area contributed by atoms with E-state index in [1.807, 2.05) is 0 Å². The van der Waals surface area contributed by atoms with Crippen LogP contribution in [0, 0.1) is 23.5 Å². The first-order valence-electron chi connectivity index (χ1n) is 7.90. The fourth-order valence-corrected chi connectivity index (χ4v) is 3.25. The Bertz CT molecular complexity index is 452. The summed E-state index contributed by atoms with van der Waals surface area (Å²) in [5, 5.41) is 13.1. The molecule has 1 aliphatic rings. The minimum atomic E-state index is -1.01. The topological polar surface area (TPSA) is 32.3 Å². The Kier molecular flexibility index (Phi) is 6.12. The van der Waals surface area contributed by atoms with Crippen molar-refractivity contribution < 1.29 is 13.9 Å². The highest BCUT2D eigenvalue weighted by atomic mass is 19.1. The average Bonchev–Trinajstić information content (AvgIpc) is 2.46. The average molecular weight is 297 g/mol. The lowest BCUT2D eigenvalue weighted by molar-refractivity contribution is 0.167. The van der Waals surface area contributed by atoms with Crippen molar-refractivity contribution in [1.82, 2.24) is 5.32 Å². The van der Waals surface area contributed by atoms with Gasteiger partial charge in [-0.05, 0) is 49.4 Å². The van der Waals surface area contributed by atoms with E-state index in [9.17, 15) is 13.9 Å². The Morgan fingerprint density at radius 3 is 2.90 bits per heavy atom. The van der Waals surface area contributed by atoms with Gasteiger partial charge in [0.05, 0.1) is 6.10 Å². The molecule has 0 spiro atoms. The van der Waals surface area contributed by atoms with Gasteiger partial charge in [-0.3, -0.25) is 0 Å². The molecule has 1 aliphatic carbocycles. The number of hydrogen-bond acceptors (Lipinski definition) is 2. The molecule has 0 aliphatic heterocycles. The smallest absolute Gasteiger partial charge is 0.129 e.